The Kier molecular flexibility index (Phi) is 15.9. The number of ether oxygens (including phenoxy) is 2. The maximum atomic E-state index is 16.5. The number of hydrogen-bond acceptors (Lipinski definition) is 16. The molecule has 15 nitrogen and oxygen atoms in total. The largest absolute Gasteiger partial charge is 0.508 e. The average Bonchev–Trinajstić information content (AvgIpc) is 1.27. The van der Waals surface area contributed by atoms with Gasteiger partial charge in [-0.1, -0.05) is 87.1 Å². The third kappa shape index (κ3) is 8.49. The molecule has 8 bridgehead atoms. The molecule has 10 N–H and O–H groups in total. The van der Waals surface area contributed by atoms with E-state index in [1.165, 1.54) is 17.2 Å². The van der Waals surface area contributed by atoms with Gasteiger partial charge in [0.15, 0.2) is 5.78 Å². The van der Waals surface area contributed by atoms with Crippen LogP contribution in [0.2, 0.25) is 0 Å². The zero-order valence-electron chi connectivity index (χ0n) is 49.3. The van der Waals surface area contributed by atoms with Crippen molar-refractivity contribution in [1.29, 1.82) is 0 Å². The number of aryl methyl sites for hydroxylation is 1. The number of rotatable bonds is 12. The molecule has 8 fully saturated rings. The summed E-state index contributed by atoms with van der Waals surface area (Å²) in [5.74, 6) is -2.54. The average molecular weight is 1180 g/mol. The monoisotopic (exact) mass is 1180 g/mol. The van der Waals surface area contributed by atoms with E-state index in [0.29, 0.717) is 81.5 Å². The molecular weight excluding hydrogens is 1080 g/mol. The quantitative estimate of drug-likeness (QED) is 0.0432. The highest BCUT2D eigenvalue weighted by Crippen LogP contribution is 2.77. The van der Waals surface area contributed by atoms with Gasteiger partial charge in [0.25, 0.3) is 0 Å². The number of hydrogen-bond donors (Lipinski definition) is 10. The number of ketones is 1. The van der Waals surface area contributed by atoms with Crippen molar-refractivity contribution in [2.45, 2.75) is 208 Å². The Morgan fingerprint density at radius 3 is 2.45 bits per heavy atom. The molecule has 6 saturated carbocycles. The molecule has 0 radical (unpaired) electrons. The number of fused-ring (bicyclic) bond motifs is 1. The molecule has 1 aromatic rings. The van der Waals surface area contributed by atoms with Crippen molar-refractivity contribution < 1.29 is 65.0 Å². The Bertz CT molecular complexity index is 2670. The first-order valence-corrected chi connectivity index (χ1v) is 34.1. The van der Waals surface area contributed by atoms with Crippen LogP contribution in [0.4, 0.5) is 5.69 Å². The predicted octanol–water partition coefficient (Wildman–Crippen LogP) is 7.15. The van der Waals surface area contributed by atoms with Gasteiger partial charge < -0.3 is 65.6 Å². The van der Waals surface area contributed by atoms with Crippen molar-refractivity contribution in [3.63, 3.8) is 0 Å². The maximum Gasteiger partial charge on any atom is 0.234 e. The molecule has 1 amide bonds. The van der Waals surface area contributed by atoms with Crippen molar-refractivity contribution in [1.82, 2.24) is 5.32 Å². The first-order valence-electron chi connectivity index (χ1n) is 31.7. The van der Waals surface area contributed by atoms with Crippen LogP contribution in [0.25, 0.3) is 0 Å². The van der Waals surface area contributed by atoms with Crippen molar-refractivity contribution in [2.24, 2.45) is 74.4 Å². The Labute approximate surface area is 493 Å². The lowest BCUT2D eigenvalue weighted by atomic mass is 9.38. The fourth-order valence-electron chi connectivity index (χ4n) is 21.3. The van der Waals surface area contributed by atoms with Crippen molar-refractivity contribution >= 4 is 39.0 Å². The van der Waals surface area contributed by atoms with Gasteiger partial charge in [0.2, 0.25) is 5.91 Å². The molecular formula is C65H96N2O13S2. The minimum atomic E-state index is -2.03. The molecule has 1 aromatic carbocycles. The van der Waals surface area contributed by atoms with Gasteiger partial charge in [-0.15, -0.1) is 0 Å². The summed E-state index contributed by atoms with van der Waals surface area (Å²) < 4.78 is 12.1. The molecule has 5 aliphatic heterocycles. The number of amides is 1. The molecule has 82 heavy (non-hydrogen) atoms. The van der Waals surface area contributed by atoms with E-state index in [1.54, 1.807) is 30.2 Å². The standard InChI is InChI=1S/C65H96N2O13S2/c1-38(2)39(3)52-54(80-52)63(77)21-10-14-42-28-47-48-30-50(71)62(31-51(72)60(76,37-69)35-57(47,62)4)56(75)82-81-34-44-13-9-12-43(33-68)65(44)55(74)67(45-26-40(27-46(70)29-45)15-23-61(42)49(63)17-24-64(48,61)78)36-59(65)22-16-41(53(59)73)32-66-58(20-11-25-79-5)18-7-6-8-19-58/h10,14,26-27,29-30,38-39,41-44,47,49,51-54,56,66,68-70,72-73,75-78H,6-9,11-13,15-25,28,31-37H2,1-5H3/t39-,41-,42+,43-,44-,47+,49+,51-,52+,53-,54-,56+,57-,59-,60-,61-,62+,63-,64-,65+/m1/s1. The lowest BCUT2D eigenvalue weighted by Gasteiger charge is -2.68. The first kappa shape index (κ1) is 60.2. The van der Waals surface area contributed by atoms with Crippen molar-refractivity contribution in [2.75, 3.05) is 50.7 Å². The van der Waals surface area contributed by atoms with Crippen LogP contribution in [0.3, 0.4) is 0 Å². The van der Waals surface area contributed by atoms with Gasteiger partial charge >= 0.3 is 0 Å². The molecule has 8 aliphatic carbocycles. The number of benzene rings is 1. The Morgan fingerprint density at radius 1 is 0.939 bits per heavy atom. The van der Waals surface area contributed by atoms with E-state index in [1.807, 2.05) is 19.1 Å². The molecule has 4 spiro atoms. The minimum absolute atomic E-state index is 0.0318. The Hall–Kier alpha value is -2.10. The number of aliphatic hydroxyl groups is 8. The van der Waals surface area contributed by atoms with Crippen molar-refractivity contribution in [3.8, 4) is 5.75 Å². The van der Waals surface area contributed by atoms with Crippen molar-refractivity contribution in [3.05, 3.63) is 47.6 Å². The zero-order valence-corrected chi connectivity index (χ0v) is 50.9. The van der Waals surface area contributed by atoms with E-state index in [0.717, 1.165) is 61.3 Å². The summed E-state index contributed by atoms with van der Waals surface area (Å²) in [6.45, 7) is 8.75. The number of aromatic hydroxyl groups is 1. The second-order valence-electron chi connectivity index (χ2n) is 29.2. The van der Waals surface area contributed by atoms with E-state index in [-0.39, 0.29) is 85.8 Å². The number of nitrogens with zero attached hydrogens (tertiary/aromatic N) is 1. The molecule has 2 saturated heterocycles. The number of allylic oxidation sites excluding steroid dienone is 2. The topological polar surface area (TPSA) is 253 Å². The second kappa shape index (κ2) is 21.6. The minimum Gasteiger partial charge on any atom is -0.508 e. The summed E-state index contributed by atoms with van der Waals surface area (Å²) in [7, 11) is 4.23. The molecule has 0 aromatic heterocycles. The van der Waals surface area contributed by atoms with Crippen LogP contribution in [-0.4, -0.2) is 156 Å². The normalized spacial score (nSPS) is 47.1. The van der Waals surface area contributed by atoms with Gasteiger partial charge in [-0.05, 0) is 179 Å². The van der Waals surface area contributed by atoms with Crippen LogP contribution in [0.5, 0.6) is 5.75 Å². The molecule has 13 aliphatic rings. The van der Waals surface area contributed by atoms with Gasteiger partial charge in [-0.2, -0.15) is 0 Å². The highest BCUT2D eigenvalue weighted by molar-refractivity contribution is 8.76. The van der Waals surface area contributed by atoms with E-state index < -0.39 is 104 Å². The van der Waals surface area contributed by atoms with E-state index >= 15 is 9.59 Å². The van der Waals surface area contributed by atoms with E-state index in [2.05, 4.69) is 32.2 Å². The summed E-state index contributed by atoms with van der Waals surface area (Å²) in [5, 5.41) is 118. The molecule has 456 valence electrons. The number of phenolic OH excluding ortho intramolecular Hbond substituents is 1. The number of carbonyl (C=O) groups is 2. The third-order valence-corrected chi connectivity index (χ3v) is 28.4. The Morgan fingerprint density at radius 2 is 1.72 bits per heavy atom. The summed E-state index contributed by atoms with van der Waals surface area (Å²) in [6, 6.07) is 5.35. The van der Waals surface area contributed by atoms with Gasteiger partial charge in [-0.3, -0.25) is 9.59 Å². The van der Waals surface area contributed by atoms with Crippen LogP contribution in [-0.2, 0) is 25.5 Å². The summed E-state index contributed by atoms with van der Waals surface area (Å²) in [6.07, 6.45) is 14.5. The SMILES string of the molecule is COCCCC1(NC[C@H]2CC[C@@]3(CN4C(=O)[C@]35[C@H](CCC[C@@H]5CO)CSS[C@H](O)[C@@]35C[C@@H](O)[C@](O)(CO)C[C@]3(C)[C@H]3C[C@@H]6C=CC[C@](O)([C@@H]7O[C@H]7[C@H](C)C(C)C)[C@H]7CC[C@@](O)(C3=CC5=O)[C@@]76CCc3cc(O)cc4c3)[C@@H]2O)CCCCC1. The van der Waals surface area contributed by atoms with E-state index in [9.17, 15) is 46.0 Å². The van der Waals surface area contributed by atoms with Gasteiger partial charge in [0, 0.05) is 73.2 Å². The van der Waals surface area contributed by atoms with Crippen LogP contribution >= 0.6 is 21.6 Å². The highest BCUT2D eigenvalue weighted by Gasteiger charge is 2.79. The fourth-order valence-corrected chi connectivity index (χ4v) is 24.4. The predicted molar refractivity (Wildman–Crippen MR) is 315 cm³/mol. The smallest absolute Gasteiger partial charge is 0.234 e. The fraction of sp³-hybridized carbons (Fsp3) is 0.815. The summed E-state index contributed by atoms with van der Waals surface area (Å²) in [5.41, 5.74) is -11.3. The lowest BCUT2D eigenvalue weighted by molar-refractivity contribution is -0.235. The van der Waals surface area contributed by atoms with Crippen LogP contribution in [0, 0.1) is 74.4 Å². The van der Waals surface area contributed by atoms with Crippen LogP contribution in [0.15, 0.2) is 42.0 Å². The molecule has 5 heterocycles. The van der Waals surface area contributed by atoms with Gasteiger partial charge in [0.1, 0.15) is 28.5 Å². The Balaban J connectivity index is 1.00. The number of epoxide rings is 1. The third-order valence-electron chi connectivity index (χ3n) is 25.7. The highest BCUT2D eigenvalue weighted by atomic mass is 33.1. The number of phenols is 1. The van der Waals surface area contributed by atoms with Crippen LogP contribution < -0.4 is 10.2 Å². The van der Waals surface area contributed by atoms with Gasteiger partial charge in [0.05, 0.1) is 41.3 Å². The molecule has 17 heteroatoms. The maximum absolute atomic E-state index is 16.5. The number of anilines is 1. The van der Waals surface area contributed by atoms with E-state index in [4.69, 9.17) is 9.47 Å². The zero-order chi connectivity index (χ0) is 58.2. The number of nitrogens with one attached hydrogen (secondary N) is 1. The molecule has 0 unspecified atom stereocenters. The summed E-state index contributed by atoms with van der Waals surface area (Å²) >= 11 is 0. The second-order valence-corrected chi connectivity index (χ2v) is 31.7. The molecule has 20 atom stereocenters. The van der Waals surface area contributed by atoms with Gasteiger partial charge in [-0.25, -0.2) is 0 Å². The molecule has 14 rings (SSSR count). The number of aliphatic hydroxyl groups excluding tert-OH is 5. The lowest BCUT2D eigenvalue weighted by Crippen LogP contribution is -2.72. The number of methoxy groups -OCH3 is 1. The number of carbonyl (C=O) groups excluding carboxylic acids is 2. The summed E-state index contributed by atoms with van der Waals surface area (Å²) in [4.78, 5) is 34.2. The van der Waals surface area contributed by atoms with Crippen LogP contribution in [0.1, 0.15) is 155 Å². The first-order chi connectivity index (χ1) is 39.0.